The van der Waals surface area contributed by atoms with Gasteiger partial charge in [0.05, 0.1) is 12.2 Å². The molecule has 0 aromatic heterocycles. The Bertz CT molecular complexity index is 278. The van der Waals surface area contributed by atoms with E-state index in [0.717, 1.165) is 54.5 Å². The second-order valence-electron chi connectivity index (χ2n) is 6.07. The van der Waals surface area contributed by atoms with Crippen molar-refractivity contribution in [3.8, 4) is 0 Å². The topological polar surface area (TPSA) is 46.5 Å². The van der Waals surface area contributed by atoms with E-state index in [4.69, 9.17) is 4.74 Å². The molecule has 2 saturated carbocycles. The van der Waals surface area contributed by atoms with E-state index in [1.54, 1.807) is 0 Å². The molecule has 2 aliphatic carbocycles. The number of hydrogen-bond acceptors (Lipinski definition) is 2. The fourth-order valence-corrected chi connectivity index (χ4v) is 2.79. The number of aliphatic carboxylic acids is 1. The van der Waals surface area contributed by atoms with Crippen molar-refractivity contribution < 1.29 is 14.6 Å². The Morgan fingerprint density at radius 3 is 2.38 bits per heavy atom. The minimum Gasteiger partial charge on any atom is -0.482 e. The van der Waals surface area contributed by atoms with E-state index in [-0.39, 0.29) is 9.88 Å². The van der Waals surface area contributed by atoms with E-state index in [1.807, 2.05) is 0 Å². The molecule has 3 nitrogen and oxygen atoms in total. The Morgan fingerprint density at radius 2 is 1.94 bits per heavy atom. The highest BCUT2D eigenvalue weighted by Gasteiger charge is 2.42. The average Bonchev–Trinajstić information content (AvgIpc) is 3.04. The fourth-order valence-electron chi connectivity index (χ4n) is 2.29. The molecule has 2 aliphatic rings. The summed E-state index contributed by atoms with van der Waals surface area (Å²) in [6.07, 6.45) is 6.06. The van der Waals surface area contributed by atoms with Gasteiger partial charge in [-0.3, -0.25) is 4.79 Å². The molecule has 2 fully saturated rings. The largest absolute Gasteiger partial charge is 0.482 e. The lowest BCUT2D eigenvalue weighted by Crippen LogP contribution is -2.39. The van der Waals surface area contributed by atoms with Crippen LogP contribution in [0.15, 0.2) is 0 Å². The summed E-state index contributed by atoms with van der Waals surface area (Å²) in [7, 11) is 0. The Hall–Kier alpha value is -0.0375. The Kier molecular flexibility index (Phi) is 3.36. The first-order valence-electron chi connectivity index (χ1n) is 6.31. The molecule has 2 rings (SSSR count). The SMILES string of the molecule is CC1(OCC2CC2)CC[C]([AlH2])(C(=O)O)CC1. The normalized spacial score (nSPS) is 39.6. The van der Waals surface area contributed by atoms with E-state index in [1.165, 1.54) is 12.8 Å². The maximum Gasteiger partial charge on any atom is 0.295 e. The first kappa shape index (κ1) is 12.4. The van der Waals surface area contributed by atoms with Gasteiger partial charge in [0.15, 0.2) is 0 Å². The third kappa shape index (κ3) is 2.80. The van der Waals surface area contributed by atoms with Gasteiger partial charge in [0.2, 0.25) is 16.3 Å². The monoisotopic (exact) mass is 240 g/mol. The molecule has 0 heterocycles. The summed E-state index contributed by atoms with van der Waals surface area (Å²) in [5.41, 5.74) is -0.0497. The molecular weight excluding hydrogens is 219 g/mol. The maximum atomic E-state index is 11.2. The van der Waals surface area contributed by atoms with E-state index < -0.39 is 5.97 Å². The van der Waals surface area contributed by atoms with Crippen LogP contribution in [0.1, 0.15) is 45.4 Å². The van der Waals surface area contributed by atoms with Crippen LogP contribution >= 0.6 is 0 Å². The highest BCUT2D eigenvalue weighted by atomic mass is 27.0. The van der Waals surface area contributed by atoms with E-state index in [2.05, 4.69) is 6.92 Å². The van der Waals surface area contributed by atoms with Crippen LogP contribution in [-0.4, -0.2) is 39.6 Å². The van der Waals surface area contributed by atoms with E-state index >= 15 is 0 Å². The van der Waals surface area contributed by atoms with Crippen LogP contribution in [0.3, 0.4) is 0 Å². The second kappa shape index (κ2) is 4.33. The number of hydrogen-bond donors (Lipinski definition) is 1. The predicted molar refractivity (Wildman–Crippen MR) is 64.4 cm³/mol. The van der Waals surface area contributed by atoms with Gasteiger partial charge in [-0.1, -0.05) is 0 Å². The lowest BCUT2D eigenvalue weighted by atomic mass is 9.79. The molecule has 1 N–H and O–H groups in total. The molecule has 0 amide bonds. The van der Waals surface area contributed by atoms with Gasteiger partial charge in [-0.2, -0.15) is 0 Å². The van der Waals surface area contributed by atoms with Crippen molar-refractivity contribution in [3.63, 3.8) is 0 Å². The Balaban J connectivity index is 1.84. The third-order valence-electron chi connectivity index (χ3n) is 4.29. The van der Waals surface area contributed by atoms with Crippen LogP contribution in [0.4, 0.5) is 0 Å². The van der Waals surface area contributed by atoms with Crippen LogP contribution in [0.25, 0.3) is 0 Å². The van der Waals surface area contributed by atoms with Gasteiger partial charge in [-0.25, -0.2) is 0 Å². The quantitative estimate of drug-likeness (QED) is 0.760. The number of carbonyl (C=O) groups is 1. The molecule has 16 heavy (non-hydrogen) atoms. The molecule has 0 spiro atoms. The lowest BCUT2D eigenvalue weighted by Gasteiger charge is -2.41. The minimum atomic E-state index is -0.594. The first-order chi connectivity index (χ1) is 7.44. The van der Waals surface area contributed by atoms with Crippen molar-refractivity contribution in [1.82, 2.24) is 0 Å². The summed E-state index contributed by atoms with van der Waals surface area (Å²) < 4.78 is 5.60. The van der Waals surface area contributed by atoms with E-state index in [9.17, 15) is 9.90 Å². The zero-order valence-corrected chi connectivity index (χ0v) is 12.3. The van der Waals surface area contributed by atoms with Crippen LogP contribution in [-0.2, 0) is 9.53 Å². The van der Waals surface area contributed by atoms with Crippen molar-refractivity contribution >= 4 is 22.3 Å². The minimum absolute atomic E-state index is 0.0497. The third-order valence-corrected chi connectivity index (χ3v) is 5.72. The Labute approximate surface area is 105 Å². The molecule has 0 aromatic rings. The molecule has 0 bridgehead atoms. The van der Waals surface area contributed by atoms with Gasteiger partial charge in [0, 0.05) is 4.28 Å². The van der Waals surface area contributed by atoms with Crippen LogP contribution < -0.4 is 0 Å². The molecule has 0 saturated heterocycles. The molecule has 0 atom stereocenters. The summed E-state index contributed by atoms with van der Waals surface area (Å²) >= 11 is 0.752. The Morgan fingerprint density at radius 1 is 1.38 bits per heavy atom. The van der Waals surface area contributed by atoms with Crippen molar-refractivity contribution in [2.24, 2.45) is 5.92 Å². The van der Waals surface area contributed by atoms with Crippen LogP contribution in [0, 0.1) is 5.92 Å². The van der Waals surface area contributed by atoms with Gasteiger partial charge in [0.25, 0.3) is 5.97 Å². The van der Waals surface area contributed by atoms with Gasteiger partial charge in [0.1, 0.15) is 0 Å². The number of rotatable bonds is 4. The number of ether oxygens (including phenoxy) is 1. The van der Waals surface area contributed by atoms with Crippen molar-refractivity contribution in [3.05, 3.63) is 0 Å². The average molecular weight is 240 g/mol. The van der Waals surface area contributed by atoms with Gasteiger partial charge in [-0.15, -0.1) is 0 Å². The predicted octanol–water partition coefficient (Wildman–Crippen LogP) is 1.62. The fraction of sp³-hybridized carbons (Fsp3) is 0.917. The van der Waals surface area contributed by atoms with Crippen molar-refractivity contribution in [2.45, 2.75) is 55.3 Å². The van der Waals surface area contributed by atoms with Crippen LogP contribution in [0.2, 0.25) is 4.28 Å². The zero-order chi connectivity index (χ0) is 11.8. The second-order valence-corrected chi connectivity index (χ2v) is 7.98. The molecule has 4 heteroatoms. The number of carboxylic acids is 1. The van der Waals surface area contributed by atoms with E-state index in [0.29, 0.717) is 0 Å². The van der Waals surface area contributed by atoms with Gasteiger partial charge >= 0.3 is 0 Å². The van der Waals surface area contributed by atoms with Crippen molar-refractivity contribution in [1.29, 1.82) is 0 Å². The summed E-state index contributed by atoms with van der Waals surface area (Å²) in [6.45, 7) is 3.04. The molecule has 0 aliphatic heterocycles. The summed E-state index contributed by atoms with van der Waals surface area (Å²) in [5.74, 6) is 0.197. The smallest absolute Gasteiger partial charge is 0.295 e. The molecular formula is C12H21AlO3. The highest BCUT2D eigenvalue weighted by molar-refractivity contribution is 6.26. The van der Waals surface area contributed by atoms with Gasteiger partial charge in [-0.05, 0) is 51.4 Å². The summed E-state index contributed by atoms with van der Waals surface area (Å²) in [5, 5.41) is 9.19. The summed E-state index contributed by atoms with van der Waals surface area (Å²) in [6, 6.07) is 0. The zero-order valence-electron chi connectivity index (χ0n) is 10.3. The number of carboxylic acid groups (broad SMARTS) is 1. The lowest BCUT2D eigenvalue weighted by molar-refractivity contribution is -0.144. The highest BCUT2D eigenvalue weighted by Crippen LogP contribution is 2.46. The first-order valence-corrected chi connectivity index (χ1v) is 7.31. The molecule has 0 unspecified atom stereocenters. The molecule has 0 aromatic carbocycles. The standard InChI is InChI=1S/C12H19O3.Al.2H/c1-12(15-8-9-2-3-9)6-4-10(5-7-12)11(13)14;;;/h9H,2-8H2,1H3,(H,13,14);;;. The van der Waals surface area contributed by atoms with Crippen molar-refractivity contribution in [2.75, 3.05) is 6.61 Å². The molecule has 0 radical (unpaired) electrons. The van der Waals surface area contributed by atoms with Gasteiger partial charge < -0.3 is 9.84 Å². The maximum absolute atomic E-state index is 11.2. The molecule has 90 valence electrons. The summed E-state index contributed by atoms with van der Waals surface area (Å²) in [4.78, 5) is 11.2. The van der Waals surface area contributed by atoms with Crippen LogP contribution in [0.5, 0.6) is 0 Å².